The number of thiophene rings is 1. The summed E-state index contributed by atoms with van der Waals surface area (Å²) in [6.07, 6.45) is 3.67. The van der Waals surface area contributed by atoms with Gasteiger partial charge in [0.1, 0.15) is 0 Å². The molecule has 0 saturated carbocycles. The summed E-state index contributed by atoms with van der Waals surface area (Å²) in [6, 6.07) is 5.97. The van der Waals surface area contributed by atoms with E-state index in [4.69, 9.17) is 0 Å². The maximum absolute atomic E-state index is 13.6. The average molecular weight is 519 g/mol. The SMILES string of the molecule is Cc1cc(C)c(N2CCCCC2)c(C)c1CC(=O)c1sccc1NS(=O)(=O)c1ccc(F)c(F)c1. The molecule has 2 aromatic carbocycles. The van der Waals surface area contributed by atoms with Gasteiger partial charge in [0.2, 0.25) is 0 Å². The number of aryl methyl sites for hydroxylation is 2. The summed E-state index contributed by atoms with van der Waals surface area (Å²) < 4.78 is 54.7. The van der Waals surface area contributed by atoms with Gasteiger partial charge in [-0.15, -0.1) is 11.3 Å². The number of benzene rings is 2. The first-order valence-electron chi connectivity index (χ1n) is 11.5. The maximum Gasteiger partial charge on any atom is 0.262 e. The number of nitrogens with zero attached hydrogens (tertiary/aromatic N) is 1. The number of carbonyl (C=O) groups excluding carboxylic acids is 1. The molecule has 0 aliphatic carbocycles. The fourth-order valence-electron chi connectivity index (χ4n) is 4.78. The van der Waals surface area contributed by atoms with Crippen LogP contribution in [-0.2, 0) is 16.4 Å². The molecule has 9 heteroatoms. The molecular formula is C26H28F2N2O3S2. The van der Waals surface area contributed by atoms with Gasteiger partial charge in [-0.25, -0.2) is 17.2 Å². The molecule has 1 N–H and O–H groups in total. The van der Waals surface area contributed by atoms with Gasteiger partial charge < -0.3 is 4.90 Å². The van der Waals surface area contributed by atoms with E-state index in [9.17, 15) is 22.0 Å². The van der Waals surface area contributed by atoms with Crippen LogP contribution in [0.1, 0.15) is 51.2 Å². The summed E-state index contributed by atoms with van der Waals surface area (Å²) in [4.78, 5) is 15.6. The molecule has 1 saturated heterocycles. The third-order valence-corrected chi connectivity index (χ3v) is 8.78. The number of anilines is 2. The topological polar surface area (TPSA) is 66.5 Å². The van der Waals surface area contributed by atoms with E-state index in [-0.39, 0.29) is 22.8 Å². The molecule has 1 aromatic heterocycles. The van der Waals surface area contributed by atoms with E-state index in [0.29, 0.717) is 6.07 Å². The molecule has 4 rings (SSSR count). The molecule has 0 bridgehead atoms. The van der Waals surface area contributed by atoms with E-state index in [0.717, 1.165) is 66.1 Å². The number of Topliss-reactive ketones (excluding diaryl/α,β-unsaturated/α-hetero) is 1. The van der Waals surface area contributed by atoms with Crippen molar-refractivity contribution in [1.29, 1.82) is 0 Å². The normalized spacial score (nSPS) is 14.3. The zero-order chi connectivity index (χ0) is 25.3. The quantitative estimate of drug-likeness (QED) is 0.380. The average Bonchev–Trinajstić information content (AvgIpc) is 3.26. The monoisotopic (exact) mass is 518 g/mol. The van der Waals surface area contributed by atoms with Crippen molar-refractivity contribution in [2.24, 2.45) is 0 Å². The first-order valence-corrected chi connectivity index (χ1v) is 13.9. The number of rotatable bonds is 7. The summed E-state index contributed by atoms with van der Waals surface area (Å²) in [5.41, 5.74) is 5.55. The zero-order valence-corrected chi connectivity index (χ0v) is 21.6. The molecule has 1 fully saturated rings. The van der Waals surface area contributed by atoms with Gasteiger partial charge in [-0.2, -0.15) is 0 Å². The molecule has 2 heterocycles. The largest absolute Gasteiger partial charge is 0.371 e. The minimum Gasteiger partial charge on any atom is -0.371 e. The highest BCUT2D eigenvalue weighted by Crippen LogP contribution is 2.34. The molecule has 35 heavy (non-hydrogen) atoms. The second-order valence-electron chi connectivity index (χ2n) is 8.95. The van der Waals surface area contributed by atoms with Crippen LogP contribution in [0.25, 0.3) is 0 Å². The van der Waals surface area contributed by atoms with Gasteiger partial charge in [0.15, 0.2) is 17.4 Å². The van der Waals surface area contributed by atoms with Crippen molar-refractivity contribution in [3.8, 4) is 0 Å². The summed E-state index contributed by atoms with van der Waals surface area (Å²) >= 11 is 1.14. The Morgan fingerprint density at radius 1 is 1.00 bits per heavy atom. The van der Waals surface area contributed by atoms with E-state index in [1.54, 1.807) is 5.38 Å². The third kappa shape index (κ3) is 5.26. The Morgan fingerprint density at radius 2 is 1.71 bits per heavy atom. The standard InChI is InChI=1S/C26H28F2N2O3S2/c1-16-13-17(2)25(30-10-5-4-6-11-30)18(3)20(16)15-24(31)26-23(9-12-34-26)29-35(32,33)19-7-8-21(27)22(28)14-19/h7-9,12-14,29H,4-6,10-11,15H2,1-3H3. The number of hydrogen-bond acceptors (Lipinski definition) is 5. The molecule has 0 amide bonds. The first-order chi connectivity index (χ1) is 16.6. The van der Waals surface area contributed by atoms with Crippen LogP contribution in [0, 0.1) is 32.4 Å². The van der Waals surface area contributed by atoms with E-state index >= 15 is 0 Å². The number of carbonyl (C=O) groups is 1. The van der Waals surface area contributed by atoms with Crippen LogP contribution < -0.4 is 9.62 Å². The Kier molecular flexibility index (Phi) is 7.28. The number of halogens is 2. The van der Waals surface area contributed by atoms with Crippen molar-refractivity contribution in [2.75, 3.05) is 22.7 Å². The summed E-state index contributed by atoms with van der Waals surface area (Å²) in [5.74, 6) is -2.60. The lowest BCUT2D eigenvalue weighted by atomic mass is 9.92. The van der Waals surface area contributed by atoms with Crippen LogP contribution >= 0.6 is 11.3 Å². The van der Waals surface area contributed by atoms with Gasteiger partial charge in [0.05, 0.1) is 15.5 Å². The molecular weight excluding hydrogens is 490 g/mol. The fourth-order valence-corrected chi connectivity index (χ4v) is 6.72. The summed E-state index contributed by atoms with van der Waals surface area (Å²) in [5, 5.41) is 1.63. The molecule has 3 aromatic rings. The lowest BCUT2D eigenvalue weighted by Gasteiger charge is -2.33. The Bertz CT molecular complexity index is 1380. The van der Waals surface area contributed by atoms with Crippen molar-refractivity contribution in [3.05, 3.63) is 74.5 Å². The van der Waals surface area contributed by atoms with Crippen molar-refractivity contribution >= 4 is 38.5 Å². The second-order valence-corrected chi connectivity index (χ2v) is 11.6. The smallest absolute Gasteiger partial charge is 0.262 e. The number of nitrogens with one attached hydrogen (secondary N) is 1. The highest BCUT2D eigenvalue weighted by molar-refractivity contribution is 7.92. The molecule has 0 spiro atoms. The highest BCUT2D eigenvalue weighted by Gasteiger charge is 2.24. The second kappa shape index (κ2) is 10.1. The van der Waals surface area contributed by atoms with Crippen LogP contribution in [0.4, 0.5) is 20.2 Å². The minimum atomic E-state index is -4.20. The van der Waals surface area contributed by atoms with E-state index in [1.807, 2.05) is 13.8 Å². The fraction of sp³-hybridized carbons (Fsp3) is 0.346. The highest BCUT2D eigenvalue weighted by atomic mass is 32.2. The van der Waals surface area contributed by atoms with Crippen LogP contribution in [0.15, 0.2) is 40.6 Å². The number of ketones is 1. The van der Waals surface area contributed by atoms with Gasteiger partial charge in [0.25, 0.3) is 10.0 Å². The molecule has 186 valence electrons. The number of hydrogen-bond donors (Lipinski definition) is 1. The van der Waals surface area contributed by atoms with Crippen molar-refractivity contribution in [2.45, 2.75) is 51.3 Å². The first kappa shape index (κ1) is 25.3. The molecule has 1 aliphatic heterocycles. The predicted octanol–water partition coefficient (Wildman–Crippen LogP) is 6.17. The molecule has 5 nitrogen and oxygen atoms in total. The van der Waals surface area contributed by atoms with Gasteiger partial charge >= 0.3 is 0 Å². The van der Waals surface area contributed by atoms with Gasteiger partial charge in [-0.05, 0) is 91.9 Å². The molecule has 0 unspecified atom stereocenters. The molecule has 0 radical (unpaired) electrons. The van der Waals surface area contributed by atoms with Crippen molar-refractivity contribution in [1.82, 2.24) is 0 Å². The molecule has 0 atom stereocenters. The maximum atomic E-state index is 13.6. The van der Waals surface area contributed by atoms with E-state index in [2.05, 4.69) is 22.6 Å². The summed E-state index contributed by atoms with van der Waals surface area (Å²) in [7, 11) is -4.20. The van der Waals surface area contributed by atoms with Crippen LogP contribution in [-0.4, -0.2) is 27.3 Å². The Balaban J connectivity index is 1.61. The third-order valence-electron chi connectivity index (χ3n) is 6.46. The van der Waals surface area contributed by atoms with Gasteiger partial charge in [-0.3, -0.25) is 9.52 Å². The van der Waals surface area contributed by atoms with Crippen LogP contribution in [0.3, 0.4) is 0 Å². The van der Waals surface area contributed by atoms with Crippen molar-refractivity contribution in [3.63, 3.8) is 0 Å². The lowest BCUT2D eigenvalue weighted by molar-refractivity contribution is 0.0997. The predicted molar refractivity (Wildman–Crippen MR) is 136 cm³/mol. The van der Waals surface area contributed by atoms with Crippen molar-refractivity contribution < 1.29 is 22.0 Å². The zero-order valence-electron chi connectivity index (χ0n) is 20.0. The lowest BCUT2D eigenvalue weighted by Crippen LogP contribution is -2.31. The minimum absolute atomic E-state index is 0.128. The van der Waals surface area contributed by atoms with Gasteiger partial charge in [-0.1, -0.05) is 6.07 Å². The van der Waals surface area contributed by atoms with Crippen LogP contribution in [0.2, 0.25) is 0 Å². The Hall–Kier alpha value is -2.78. The Morgan fingerprint density at radius 3 is 2.40 bits per heavy atom. The number of sulfonamides is 1. The number of piperidine rings is 1. The molecule has 1 aliphatic rings. The van der Waals surface area contributed by atoms with Crippen LogP contribution in [0.5, 0.6) is 0 Å². The Labute approximate surface area is 208 Å². The van der Waals surface area contributed by atoms with E-state index < -0.39 is 26.6 Å². The van der Waals surface area contributed by atoms with E-state index in [1.165, 1.54) is 23.7 Å². The summed E-state index contributed by atoms with van der Waals surface area (Å²) in [6.45, 7) is 8.13. The van der Waals surface area contributed by atoms with Gasteiger partial charge in [0, 0.05) is 25.2 Å².